The molecule has 1 aromatic rings. The van der Waals surface area contributed by atoms with Gasteiger partial charge in [-0.15, -0.1) is 0 Å². The average Bonchev–Trinajstić information content (AvgIpc) is 3.05. The molecule has 0 bridgehead atoms. The second kappa shape index (κ2) is 8.45. The number of anilines is 1. The summed E-state index contributed by atoms with van der Waals surface area (Å²) >= 11 is 0. The molecule has 0 aliphatic heterocycles. The van der Waals surface area contributed by atoms with Crippen LogP contribution in [0, 0.1) is 5.92 Å². The summed E-state index contributed by atoms with van der Waals surface area (Å²) in [6, 6.07) is 6.30. The maximum atomic E-state index is 12.0. The maximum absolute atomic E-state index is 12.0. The quantitative estimate of drug-likeness (QED) is 0.764. The number of hydrogen-bond donors (Lipinski definition) is 2. The summed E-state index contributed by atoms with van der Waals surface area (Å²) in [6.07, 6.45) is 7.27. The molecule has 2 N–H and O–H groups in total. The predicted octanol–water partition coefficient (Wildman–Crippen LogP) is 3.28. The van der Waals surface area contributed by atoms with Crippen LogP contribution in [-0.4, -0.2) is 20.9 Å². The van der Waals surface area contributed by atoms with E-state index in [1.165, 1.54) is 37.8 Å². The van der Waals surface area contributed by atoms with Crippen molar-refractivity contribution in [2.75, 3.05) is 11.9 Å². The van der Waals surface area contributed by atoms with Crippen molar-refractivity contribution >= 4 is 21.6 Å². The second-order valence-electron chi connectivity index (χ2n) is 6.16. The van der Waals surface area contributed by atoms with Crippen molar-refractivity contribution in [3.8, 4) is 0 Å². The predicted molar refractivity (Wildman–Crippen MR) is 91.7 cm³/mol. The van der Waals surface area contributed by atoms with Crippen molar-refractivity contribution < 1.29 is 13.2 Å². The molecule has 0 radical (unpaired) electrons. The van der Waals surface area contributed by atoms with Crippen molar-refractivity contribution in [1.82, 2.24) is 4.72 Å². The van der Waals surface area contributed by atoms with Gasteiger partial charge in [-0.05, 0) is 43.0 Å². The van der Waals surface area contributed by atoms with Crippen LogP contribution in [0.3, 0.4) is 0 Å². The summed E-state index contributed by atoms with van der Waals surface area (Å²) in [5.74, 6) is 0.689. The lowest BCUT2D eigenvalue weighted by Gasteiger charge is -2.10. The molecule has 128 valence electrons. The number of nitrogens with one attached hydrogen (secondary N) is 2. The van der Waals surface area contributed by atoms with E-state index in [0.29, 0.717) is 24.6 Å². The van der Waals surface area contributed by atoms with Crippen LogP contribution in [0.4, 0.5) is 5.69 Å². The number of hydrogen-bond acceptors (Lipinski definition) is 3. The molecule has 0 unspecified atom stereocenters. The van der Waals surface area contributed by atoms with Gasteiger partial charge in [0.05, 0.1) is 4.90 Å². The van der Waals surface area contributed by atoms with Gasteiger partial charge in [-0.25, -0.2) is 13.1 Å². The fraction of sp³-hybridized carbons (Fsp3) is 0.588. The summed E-state index contributed by atoms with van der Waals surface area (Å²) in [4.78, 5) is 12.2. The Balaban J connectivity index is 1.85. The van der Waals surface area contributed by atoms with E-state index in [0.717, 1.165) is 12.8 Å². The fourth-order valence-corrected chi connectivity index (χ4v) is 4.03. The van der Waals surface area contributed by atoms with Crippen LogP contribution in [0.25, 0.3) is 0 Å². The number of benzene rings is 1. The Morgan fingerprint density at radius 2 is 1.83 bits per heavy atom. The highest BCUT2D eigenvalue weighted by atomic mass is 32.2. The van der Waals surface area contributed by atoms with Gasteiger partial charge in [-0.3, -0.25) is 4.79 Å². The van der Waals surface area contributed by atoms with Crippen LogP contribution in [0.15, 0.2) is 29.2 Å². The lowest BCUT2D eigenvalue weighted by Crippen LogP contribution is -2.24. The van der Waals surface area contributed by atoms with Crippen molar-refractivity contribution in [3.63, 3.8) is 0 Å². The maximum Gasteiger partial charge on any atom is 0.240 e. The molecule has 5 nitrogen and oxygen atoms in total. The lowest BCUT2D eigenvalue weighted by molar-refractivity contribution is -0.116. The molecule has 0 spiro atoms. The molecule has 1 aliphatic rings. The van der Waals surface area contributed by atoms with Crippen molar-refractivity contribution in [2.24, 2.45) is 5.92 Å². The molecule has 0 atom stereocenters. The van der Waals surface area contributed by atoms with Crippen molar-refractivity contribution in [3.05, 3.63) is 24.3 Å². The standard InChI is InChI=1S/C17H26N2O3S/c1-2-13-18-23(21,22)16-10-8-15(9-11-16)19-17(20)12-7-14-5-3-4-6-14/h8-11,14,18H,2-7,12-13H2,1H3,(H,19,20). The average molecular weight is 338 g/mol. The van der Waals surface area contributed by atoms with Gasteiger partial charge in [-0.2, -0.15) is 0 Å². The molecule has 1 saturated carbocycles. The Bertz CT molecular complexity index is 605. The molecule has 23 heavy (non-hydrogen) atoms. The third-order valence-corrected chi connectivity index (χ3v) is 5.72. The van der Waals surface area contributed by atoms with E-state index in [4.69, 9.17) is 0 Å². The molecule has 0 aromatic heterocycles. The molecule has 0 heterocycles. The first-order valence-corrected chi connectivity index (χ1v) is 9.89. The van der Waals surface area contributed by atoms with Gasteiger partial charge < -0.3 is 5.32 Å². The number of amides is 1. The Hall–Kier alpha value is -1.40. The zero-order valence-corrected chi connectivity index (χ0v) is 14.5. The number of sulfonamides is 1. The van der Waals surface area contributed by atoms with Gasteiger partial charge in [0.2, 0.25) is 15.9 Å². The zero-order chi connectivity index (χ0) is 16.7. The first-order valence-electron chi connectivity index (χ1n) is 8.41. The molecule has 1 aromatic carbocycles. The SMILES string of the molecule is CCCNS(=O)(=O)c1ccc(NC(=O)CCC2CCCC2)cc1. The van der Waals surface area contributed by atoms with E-state index in [1.807, 2.05) is 6.92 Å². The third-order valence-electron chi connectivity index (χ3n) is 4.24. The fourth-order valence-electron chi connectivity index (χ4n) is 2.89. The summed E-state index contributed by atoms with van der Waals surface area (Å²) in [5, 5.41) is 2.83. The van der Waals surface area contributed by atoms with Gasteiger partial charge in [-0.1, -0.05) is 32.6 Å². The lowest BCUT2D eigenvalue weighted by atomic mass is 10.0. The Labute approximate surface area is 138 Å². The van der Waals surface area contributed by atoms with Crippen LogP contribution < -0.4 is 10.0 Å². The van der Waals surface area contributed by atoms with Crippen LogP contribution in [0.2, 0.25) is 0 Å². The molecular formula is C17H26N2O3S. The minimum absolute atomic E-state index is 0.00313. The number of carbonyl (C=O) groups is 1. The summed E-state index contributed by atoms with van der Waals surface area (Å²) in [6.45, 7) is 2.33. The molecular weight excluding hydrogens is 312 g/mol. The summed E-state index contributed by atoms with van der Waals surface area (Å²) in [7, 11) is -3.45. The van der Waals surface area contributed by atoms with E-state index in [2.05, 4.69) is 10.0 Å². The van der Waals surface area contributed by atoms with E-state index in [9.17, 15) is 13.2 Å². The number of rotatable bonds is 8. The molecule has 1 amide bonds. The van der Waals surface area contributed by atoms with Crippen LogP contribution >= 0.6 is 0 Å². The minimum Gasteiger partial charge on any atom is -0.326 e. The normalized spacial score (nSPS) is 15.7. The van der Waals surface area contributed by atoms with Gasteiger partial charge in [0.15, 0.2) is 0 Å². The van der Waals surface area contributed by atoms with Crippen molar-refractivity contribution in [2.45, 2.75) is 56.8 Å². The molecule has 2 rings (SSSR count). The molecule has 6 heteroatoms. The largest absolute Gasteiger partial charge is 0.326 e. The van der Waals surface area contributed by atoms with Gasteiger partial charge in [0.25, 0.3) is 0 Å². The summed E-state index contributed by atoms with van der Waals surface area (Å²) < 4.78 is 26.5. The van der Waals surface area contributed by atoms with Crippen molar-refractivity contribution in [1.29, 1.82) is 0 Å². The van der Waals surface area contributed by atoms with Crippen LogP contribution in [-0.2, 0) is 14.8 Å². The number of carbonyl (C=O) groups excluding carboxylic acids is 1. The Morgan fingerprint density at radius 3 is 2.43 bits per heavy atom. The van der Waals surface area contributed by atoms with Gasteiger partial charge >= 0.3 is 0 Å². The monoisotopic (exact) mass is 338 g/mol. The molecule has 1 aliphatic carbocycles. The third kappa shape index (κ3) is 5.62. The topological polar surface area (TPSA) is 75.3 Å². The van der Waals surface area contributed by atoms with Crippen LogP contribution in [0.5, 0.6) is 0 Å². The highest BCUT2D eigenvalue weighted by Crippen LogP contribution is 2.28. The first kappa shape index (κ1) is 17.9. The Morgan fingerprint density at radius 1 is 1.17 bits per heavy atom. The van der Waals surface area contributed by atoms with Gasteiger partial charge in [0.1, 0.15) is 0 Å². The van der Waals surface area contributed by atoms with E-state index >= 15 is 0 Å². The van der Waals surface area contributed by atoms with E-state index < -0.39 is 10.0 Å². The van der Waals surface area contributed by atoms with Crippen LogP contribution in [0.1, 0.15) is 51.9 Å². The summed E-state index contributed by atoms with van der Waals surface area (Å²) in [5.41, 5.74) is 0.635. The van der Waals surface area contributed by atoms with E-state index in [-0.39, 0.29) is 10.8 Å². The second-order valence-corrected chi connectivity index (χ2v) is 7.93. The molecule has 1 fully saturated rings. The van der Waals surface area contributed by atoms with Gasteiger partial charge in [0, 0.05) is 18.7 Å². The Kier molecular flexibility index (Phi) is 6.59. The zero-order valence-electron chi connectivity index (χ0n) is 13.7. The minimum atomic E-state index is -3.45. The first-order chi connectivity index (χ1) is 11.0. The van der Waals surface area contributed by atoms with E-state index in [1.54, 1.807) is 12.1 Å². The highest BCUT2D eigenvalue weighted by molar-refractivity contribution is 7.89. The highest BCUT2D eigenvalue weighted by Gasteiger charge is 2.16. The smallest absolute Gasteiger partial charge is 0.240 e. The molecule has 0 saturated heterocycles.